The van der Waals surface area contributed by atoms with Crippen LogP contribution >= 0.6 is 34.7 Å². The number of aliphatic hydroxyl groups excluding tert-OH is 1. The average Bonchev–Trinajstić information content (AvgIpc) is 3.62. The molecule has 5 aromatic rings. The molecule has 1 amide bonds. The number of carbonyl (C=O) groups is 2. The number of hydrogen-bond donors (Lipinski definition) is 1. The van der Waals surface area contributed by atoms with Crippen LogP contribution in [0.3, 0.4) is 0 Å². The molecule has 0 radical (unpaired) electrons. The van der Waals surface area contributed by atoms with Crippen LogP contribution in [0, 0.1) is 6.92 Å². The largest absolute Gasteiger partial charge is 0.507 e. The van der Waals surface area contributed by atoms with Crippen molar-refractivity contribution in [3.63, 3.8) is 0 Å². The third-order valence-corrected chi connectivity index (χ3v) is 9.47. The fourth-order valence-corrected chi connectivity index (χ4v) is 6.73. The molecule has 0 spiro atoms. The number of ketones is 1. The van der Waals surface area contributed by atoms with Crippen molar-refractivity contribution in [1.82, 2.24) is 10.2 Å². The number of hydrogen-bond acceptors (Lipinski definition) is 8. The van der Waals surface area contributed by atoms with Gasteiger partial charge in [-0.05, 0) is 60.0 Å². The van der Waals surface area contributed by atoms with Crippen LogP contribution in [0.25, 0.3) is 5.76 Å². The second-order valence-electron chi connectivity index (χ2n) is 10.1. The highest BCUT2D eigenvalue weighted by Gasteiger charge is 2.48. The van der Waals surface area contributed by atoms with Gasteiger partial charge in [0.05, 0.1) is 11.6 Å². The third kappa shape index (κ3) is 6.40. The summed E-state index contributed by atoms with van der Waals surface area (Å²) in [5.74, 6) is -0.594. The number of thioether (sulfide) groups is 1. The molecule has 6 rings (SSSR count). The number of aliphatic hydroxyl groups is 1. The topological polar surface area (TPSA) is 92.6 Å². The molecule has 10 heteroatoms. The number of Topliss-reactive ketones (excluding diaryl/α,β-unsaturated/α-hetero) is 1. The maximum atomic E-state index is 13.6. The van der Waals surface area contributed by atoms with Crippen molar-refractivity contribution >= 4 is 57.3 Å². The molecular weight excluding hydrogens is 614 g/mol. The molecule has 1 fully saturated rings. The van der Waals surface area contributed by atoms with Gasteiger partial charge in [-0.2, -0.15) is 0 Å². The molecule has 4 aromatic carbocycles. The summed E-state index contributed by atoms with van der Waals surface area (Å²) in [5, 5.41) is 20.7. The minimum absolute atomic E-state index is 0.0423. The van der Waals surface area contributed by atoms with Crippen LogP contribution in [0.4, 0.5) is 5.13 Å². The van der Waals surface area contributed by atoms with Gasteiger partial charge < -0.3 is 9.84 Å². The quantitative estimate of drug-likeness (QED) is 0.0574. The average molecular weight is 640 g/mol. The Morgan fingerprint density at radius 2 is 1.61 bits per heavy atom. The van der Waals surface area contributed by atoms with E-state index in [9.17, 15) is 14.7 Å². The zero-order valence-electron chi connectivity index (χ0n) is 23.5. The third-order valence-electron chi connectivity index (χ3n) is 7.09. The van der Waals surface area contributed by atoms with Gasteiger partial charge in [0.1, 0.15) is 18.1 Å². The number of carbonyl (C=O) groups excluding carboxylic acids is 2. The summed E-state index contributed by atoms with van der Waals surface area (Å²) >= 11 is 8.78. The predicted octanol–water partition coefficient (Wildman–Crippen LogP) is 8.00. The van der Waals surface area contributed by atoms with E-state index in [2.05, 4.69) is 34.5 Å². The number of aromatic nitrogens is 2. The Hall–Kier alpha value is -4.44. The molecule has 1 aliphatic rings. The van der Waals surface area contributed by atoms with Gasteiger partial charge in [0.25, 0.3) is 5.78 Å². The highest BCUT2D eigenvalue weighted by Crippen LogP contribution is 2.44. The van der Waals surface area contributed by atoms with E-state index < -0.39 is 17.7 Å². The second kappa shape index (κ2) is 13.1. The van der Waals surface area contributed by atoms with Gasteiger partial charge in [0.15, 0.2) is 4.34 Å². The molecule has 0 aliphatic carbocycles. The van der Waals surface area contributed by atoms with Gasteiger partial charge in [0.2, 0.25) is 5.13 Å². The Morgan fingerprint density at radius 1 is 0.909 bits per heavy atom. The van der Waals surface area contributed by atoms with E-state index in [0.29, 0.717) is 38.6 Å². The van der Waals surface area contributed by atoms with Crippen LogP contribution in [0.2, 0.25) is 5.02 Å². The fraction of sp³-hybridized carbons (Fsp3) is 0.118. The van der Waals surface area contributed by atoms with Gasteiger partial charge in [0, 0.05) is 16.3 Å². The molecule has 1 unspecified atom stereocenters. The molecule has 220 valence electrons. The Morgan fingerprint density at radius 3 is 2.32 bits per heavy atom. The smallest absolute Gasteiger partial charge is 0.301 e. The Bertz CT molecular complexity index is 1820. The number of benzene rings is 4. The normalized spacial score (nSPS) is 16.0. The number of amides is 1. The monoisotopic (exact) mass is 639 g/mol. The van der Waals surface area contributed by atoms with E-state index in [1.165, 1.54) is 33.6 Å². The molecule has 1 aliphatic heterocycles. The molecule has 44 heavy (non-hydrogen) atoms. The number of anilines is 1. The number of halogens is 1. The van der Waals surface area contributed by atoms with Gasteiger partial charge in [-0.15, -0.1) is 10.2 Å². The fourth-order valence-electron chi connectivity index (χ4n) is 4.78. The lowest BCUT2D eigenvalue weighted by Gasteiger charge is -2.22. The van der Waals surface area contributed by atoms with Gasteiger partial charge in [-0.3, -0.25) is 14.5 Å². The summed E-state index contributed by atoms with van der Waals surface area (Å²) in [6.07, 6.45) is 0. The maximum absolute atomic E-state index is 13.6. The predicted molar refractivity (Wildman–Crippen MR) is 174 cm³/mol. The van der Waals surface area contributed by atoms with Crippen molar-refractivity contribution in [2.75, 3.05) is 4.90 Å². The van der Waals surface area contributed by atoms with Crippen molar-refractivity contribution in [3.05, 3.63) is 142 Å². The van der Waals surface area contributed by atoms with Crippen molar-refractivity contribution in [3.8, 4) is 5.75 Å². The Labute approximate surface area is 267 Å². The minimum atomic E-state index is -0.934. The Balaban J connectivity index is 1.33. The van der Waals surface area contributed by atoms with Crippen molar-refractivity contribution in [1.29, 1.82) is 0 Å². The van der Waals surface area contributed by atoms with Crippen molar-refractivity contribution in [2.45, 2.75) is 29.7 Å². The standard InChI is InChI=1S/C34H26ClN3O4S2/c1-21-7-9-23(10-8-21)20-43-34-37-36-33(44-34)38-29(24-13-17-27(18-14-24)42-19-22-5-3-2-4-6-22)28(31(40)32(38)41)30(39)25-11-15-26(35)16-12-25/h2-18,29,39H,19-20H2,1H3/b30-28-. The van der Waals surface area contributed by atoms with Gasteiger partial charge >= 0.3 is 5.91 Å². The van der Waals surface area contributed by atoms with Crippen LogP contribution in [0.5, 0.6) is 5.75 Å². The molecular formula is C34H26ClN3O4S2. The van der Waals surface area contributed by atoms with E-state index in [4.69, 9.17) is 16.3 Å². The first kappa shape index (κ1) is 29.6. The molecule has 2 heterocycles. The van der Waals surface area contributed by atoms with Crippen LogP contribution in [-0.4, -0.2) is 27.0 Å². The molecule has 0 saturated carbocycles. The second-order valence-corrected chi connectivity index (χ2v) is 12.8. The minimum Gasteiger partial charge on any atom is -0.507 e. The number of rotatable bonds is 9. The Kier molecular flexibility index (Phi) is 8.79. The summed E-state index contributed by atoms with van der Waals surface area (Å²) in [4.78, 5) is 28.4. The highest BCUT2D eigenvalue weighted by molar-refractivity contribution is 8.00. The van der Waals surface area contributed by atoms with E-state index >= 15 is 0 Å². The summed E-state index contributed by atoms with van der Waals surface area (Å²) < 4.78 is 6.60. The number of aryl methyl sites for hydroxylation is 1. The van der Waals surface area contributed by atoms with Crippen LogP contribution < -0.4 is 9.64 Å². The van der Waals surface area contributed by atoms with E-state index in [1.54, 1.807) is 48.5 Å². The van der Waals surface area contributed by atoms with E-state index in [-0.39, 0.29) is 16.5 Å². The van der Waals surface area contributed by atoms with Crippen LogP contribution in [0.15, 0.2) is 113 Å². The van der Waals surface area contributed by atoms with E-state index in [0.717, 1.165) is 11.1 Å². The number of nitrogens with zero attached hydrogens (tertiary/aromatic N) is 3. The highest BCUT2D eigenvalue weighted by atomic mass is 35.5. The first-order chi connectivity index (χ1) is 21.4. The van der Waals surface area contributed by atoms with Crippen molar-refractivity contribution < 1.29 is 19.4 Å². The summed E-state index contributed by atoms with van der Waals surface area (Å²) in [7, 11) is 0. The van der Waals surface area contributed by atoms with Crippen molar-refractivity contribution in [2.24, 2.45) is 0 Å². The number of ether oxygens (including phenoxy) is 1. The summed E-state index contributed by atoms with van der Waals surface area (Å²) in [6.45, 7) is 2.43. The zero-order valence-corrected chi connectivity index (χ0v) is 25.9. The van der Waals surface area contributed by atoms with E-state index in [1.807, 2.05) is 37.3 Å². The SMILES string of the molecule is Cc1ccc(CSc2nnc(N3C(=O)C(=O)/C(=C(\O)c4ccc(Cl)cc4)C3c3ccc(OCc4ccccc4)cc3)s2)cc1. The van der Waals surface area contributed by atoms with Crippen LogP contribution in [-0.2, 0) is 21.9 Å². The van der Waals surface area contributed by atoms with Gasteiger partial charge in [-0.25, -0.2) is 0 Å². The maximum Gasteiger partial charge on any atom is 0.301 e. The molecule has 1 atom stereocenters. The summed E-state index contributed by atoms with van der Waals surface area (Å²) in [5.41, 5.74) is 4.28. The summed E-state index contributed by atoms with van der Waals surface area (Å²) in [6, 6.07) is 30.7. The molecule has 1 N–H and O–H groups in total. The molecule has 0 bridgehead atoms. The lowest BCUT2D eigenvalue weighted by Crippen LogP contribution is -2.29. The van der Waals surface area contributed by atoms with Gasteiger partial charge in [-0.1, -0.05) is 107 Å². The lowest BCUT2D eigenvalue weighted by molar-refractivity contribution is -0.132. The first-order valence-electron chi connectivity index (χ1n) is 13.7. The molecule has 7 nitrogen and oxygen atoms in total. The lowest BCUT2D eigenvalue weighted by atomic mass is 9.95. The van der Waals surface area contributed by atoms with Crippen LogP contribution in [0.1, 0.15) is 33.9 Å². The first-order valence-corrected chi connectivity index (χ1v) is 15.9. The molecule has 1 aromatic heterocycles. The molecule has 1 saturated heterocycles. The zero-order chi connectivity index (χ0) is 30.6.